The van der Waals surface area contributed by atoms with Crippen molar-refractivity contribution >= 4 is 11.9 Å². The molecule has 0 aromatic rings. The number of esters is 2. The summed E-state index contributed by atoms with van der Waals surface area (Å²) in [6.45, 7) is 22.7. The minimum Gasteiger partial charge on any atom is -0.459 e. The van der Waals surface area contributed by atoms with Crippen LogP contribution in [-0.4, -0.2) is 24.1 Å². The first kappa shape index (κ1) is 28.2. The first-order valence-electron chi connectivity index (χ1n) is 15.6. The smallest absolute Gasteiger partial charge is 0.303 e. The molecule has 5 aliphatic rings. The van der Waals surface area contributed by atoms with Crippen LogP contribution in [0.2, 0.25) is 0 Å². The van der Waals surface area contributed by atoms with Crippen molar-refractivity contribution in [1.29, 1.82) is 0 Å². The van der Waals surface area contributed by atoms with Gasteiger partial charge in [0.2, 0.25) is 0 Å². The van der Waals surface area contributed by atoms with Gasteiger partial charge in [-0.05, 0) is 103 Å². The van der Waals surface area contributed by atoms with Gasteiger partial charge in [0.25, 0.3) is 0 Å². The highest BCUT2D eigenvalue weighted by Crippen LogP contribution is 2.76. The number of allylic oxidation sites excluding steroid dienone is 2. The van der Waals surface area contributed by atoms with Crippen molar-refractivity contribution in [3.05, 3.63) is 11.6 Å². The van der Waals surface area contributed by atoms with Crippen molar-refractivity contribution in [3.63, 3.8) is 0 Å². The monoisotopic (exact) mass is 526 g/mol. The molecule has 0 spiro atoms. The van der Waals surface area contributed by atoms with E-state index >= 15 is 0 Å². The molecule has 4 nitrogen and oxygen atoms in total. The fourth-order valence-corrected chi connectivity index (χ4v) is 12.1. The zero-order valence-electron chi connectivity index (χ0n) is 25.9. The molecular formula is C34H54O4. The Balaban J connectivity index is 1.55. The third-order valence-corrected chi connectivity index (χ3v) is 13.7. The molecule has 0 bridgehead atoms. The molecule has 4 fully saturated rings. The fraction of sp³-hybridized carbons (Fsp3) is 0.882. The van der Waals surface area contributed by atoms with E-state index in [4.69, 9.17) is 9.47 Å². The van der Waals surface area contributed by atoms with E-state index in [0.717, 1.165) is 37.0 Å². The molecule has 5 aliphatic carbocycles. The van der Waals surface area contributed by atoms with Crippen LogP contribution in [0.3, 0.4) is 0 Å². The molecule has 214 valence electrons. The zero-order valence-corrected chi connectivity index (χ0v) is 25.9. The van der Waals surface area contributed by atoms with Gasteiger partial charge >= 0.3 is 11.9 Å². The van der Waals surface area contributed by atoms with E-state index in [0.29, 0.717) is 22.7 Å². The first-order chi connectivity index (χ1) is 17.5. The van der Waals surface area contributed by atoms with Crippen LogP contribution in [0.5, 0.6) is 0 Å². The Hall–Kier alpha value is -1.32. The fourth-order valence-electron chi connectivity index (χ4n) is 12.1. The Bertz CT molecular complexity index is 1030. The Kier molecular flexibility index (Phi) is 6.56. The van der Waals surface area contributed by atoms with E-state index in [9.17, 15) is 9.59 Å². The SMILES string of the molecule is CC(=O)O[C@@H]1C[C@]2(C)C3=CC[C@@]4(C)[C@@H]5CC[C@H](C(C)C)[C@@]5(C)CC[C@]4(C)[C@H]3CC[C@H]2C(C)(C)[C@H]1OC(C)=O. The molecule has 0 amide bonds. The van der Waals surface area contributed by atoms with Crippen LogP contribution in [0.4, 0.5) is 0 Å². The van der Waals surface area contributed by atoms with Gasteiger partial charge in [-0.2, -0.15) is 0 Å². The number of carbonyl (C=O) groups excluding carboxylic acids is 2. The maximum Gasteiger partial charge on any atom is 0.303 e. The molecule has 4 saturated carbocycles. The van der Waals surface area contributed by atoms with Gasteiger partial charge in [0.1, 0.15) is 12.2 Å². The Morgan fingerprint density at radius 2 is 1.47 bits per heavy atom. The lowest BCUT2D eigenvalue weighted by Crippen LogP contribution is -2.64. The molecule has 0 aliphatic heterocycles. The maximum absolute atomic E-state index is 12.2. The van der Waals surface area contributed by atoms with Crippen molar-refractivity contribution in [2.75, 3.05) is 0 Å². The number of carbonyl (C=O) groups is 2. The number of fused-ring (bicyclic) bond motifs is 7. The molecule has 0 unspecified atom stereocenters. The van der Waals surface area contributed by atoms with Crippen molar-refractivity contribution in [2.45, 2.75) is 133 Å². The molecule has 0 N–H and O–H groups in total. The molecule has 38 heavy (non-hydrogen) atoms. The quantitative estimate of drug-likeness (QED) is 0.275. The van der Waals surface area contributed by atoms with Crippen LogP contribution in [-0.2, 0) is 19.1 Å². The van der Waals surface area contributed by atoms with Gasteiger partial charge in [0.05, 0.1) is 0 Å². The summed E-state index contributed by atoms with van der Waals surface area (Å²) in [6, 6.07) is 0. The summed E-state index contributed by atoms with van der Waals surface area (Å²) in [5, 5.41) is 0. The average Bonchev–Trinajstić information content (AvgIpc) is 3.15. The molecule has 0 aromatic carbocycles. The lowest BCUT2D eigenvalue weighted by molar-refractivity contribution is -0.212. The van der Waals surface area contributed by atoms with E-state index < -0.39 is 12.2 Å². The van der Waals surface area contributed by atoms with Crippen molar-refractivity contribution < 1.29 is 19.1 Å². The highest BCUT2D eigenvalue weighted by molar-refractivity contribution is 5.67. The number of hydrogen-bond acceptors (Lipinski definition) is 4. The lowest BCUT2D eigenvalue weighted by Gasteiger charge is -2.69. The normalized spacial score (nSPS) is 49.2. The number of ether oxygens (including phenoxy) is 2. The van der Waals surface area contributed by atoms with Gasteiger partial charge in [-0.15, -0.1) is 0 Å². The highest BCUT2D eigenvalue weighted by atomic mass is 16.6. The van der Waals surface area contributed by atoms with Gasteiger partial charge in [0.15, 0.2) is 0 Å². The van der Waals surface area contributed by atoms with E-state index in [-0.39, 0.29) is 28.2 Å². The molecule has 0 radical (unpaired) electrons. The summed E-state index contributed by atoms with van der Waals surface area (Å²) in [6.07, 6.45) is 11.5. The summed E-state index contributed by atoms with van der Waals surface area (Å²) < 4.78 is 11.9. The molecule has 0 saturated heterocycles. The average molecular weight is 527 g/mol. The second kappa shape index (κ2) is 8.84. The van der Waals surface area contributed by atoms with Gasteiger partial charge < -0.3 is 9.47 Å². The summed E-state index contributed by atoms with van der Waals surface area (Å²) in [4.78, 5) is 24.4. The van der Waals surface area contributed by atoms with Crippen molar-refractivity contribution in [2.24, 2.45) is 56.7 Å². The predicted molar refractivity (Wildman–Crippen MR) is 151 cm³/mol. The van der Waals surface area contributed by atoms with Gasteiger partial charge in [0, 0.05) is 19.3 Å². The van der Waals surface area contributed by atoms with Crippen LogP contribution < -0.4 is 0 Å². The third kappa shape index (κ3) is 3.66. The van der Waals surface area contributed by atoms with Gasteiger partial charge in [-0.1, -0.05) is 67.0 Å². The Labute approximate surface area is 232 Å². The largest absolute Gasteiger partial charge is 0.459 e. The van der Waals surface area contributed by atoms with E-state index in [1.165, 1.54) is 46.0 Å². The third-order valence-electron chi connectivity index (χ3n) is 13.7. The summed E-state index contributed by atoms with van der Waals surface area (Å²) in [7, 11) is 0. The standard InChI is InChI=1S/C34H54O4/c1-20(2)23-11-14-28-31(23,7)17-18-33(9)25-12-13-27-30(5,6)29(38-22(4)36)26(37-21(3)35)19-32(27,8)24(25)15-16-34(28,33)10/h15,20,23,25-29H,11-14,16-19H2,1-10H3/t23-,25+,26-,27+,28-,29+,31-,32-,33-,34+/m1/s1. The minimum atomic E-state index is -0.412. The minimum absolute atomic E-state index is 0.0651. The lowest BCUT2D eigenvalue weighted by atomic mass is 9.35. The van der Waals surface area contributed by atoms with E-state index in [1.807, 2.05) is 0 Å². The van der Waals surface area contributed by atoms with Gasteiger partial charge in [-0.3, -0.25) is 9.59 Å². The zero-order chi connectivity index (χ0) is 28.1. The molecule has 4 heteroatoms. The van der Waals surface area contributed by atoms with Crippen LogP contribution >= 0.6 is 0 Å². The molecular weight excluding hydrogens is 472 g/mol. The highest BCUT2D eigenvalue weighted by Gasteiger charge is 2.69. The molecule has 5 rings (SSSR count). The Morgan fingerprint density at radius 3 is 2.08 bits per heavy atom. The predicted octanol–water partition coefficient (Wildman–Crippen LogP) is 8.14. The molecule has 10 atom stereocenters. The summed E-state index contributed by atoms with van der Waals surface area (Å²) in [5.41, 5.74) is 2.34. The summed E-state index contributed by atoms with van der Waals surface area (Å²) in [5.74, 6) is 2.76. The van der Waals surface area contributed by atoms with E-state index in [1.54, 1.807) is 5.57 Å². The van der Waals surface area contributed by atoms with Crippen LogP contribution in [0, 0.1) is 56.7 Å². The molecule has 0 heterocycles. The Morgan fingerprint density at radius 1 is 0.842 bits per heavy atom. The second-order valence-electron chi connectivity index (χ2n) is 16.0. The van der Waals surface area contributed by atoms with Gasteiger partial charge in [-0.25, -0.2) is 0 Å². The molecule has 0 aromatic heterocycles. The topological polar surface area (TPSA) is 52.6 Å². The van der Waals surface area contributed by atoms with Crippen LogP contribution in [0.1, 0.15) is 121 Å². The maximum atomic E-state index is 12.2. The van der Waals surface area contributed by atoms with Crippen molar-refractivity contribution in [1.82, 2.24) is 0 Å². The number of hydrogen-bond donors (Lipinski definition) is 0. The number of rotatable bonds is 3. The van der Waals surface area contributed by atoms with Crippen LogP contribution in [0.15, 0.2) is 11.6 Å². The van der Waals surface area contributed by atoms with E-state index in [2.05, 4.69) is 61.5 Å². The second-order valence-corrected chi connectivity index (χ2v) is 16.0. The van der Waals surface area contributed by atoms with Crippen LogP contribution in [0.25, 0.3) is 0 Å². The summed E-state index contributed by atoms with van der Waals surface area (Å²) >= 11 is 0. The van der Waals surface area contributed by atoms with Crippen molar-refractivity contribution in [3.8, 4) is 0 Å². The first-order valence-corrected chi connectivity index (χ1v) is 15.6.